The van der Waals surface area contributed by atoms with Crippen molar-refractivity contribution in [3.63, 3.8) is 0 Å². The zero-order valence-electron chi connectivity index (χ0n) is 18.2. The Morgan fingerprint density at radius 1 is 1.09 bits per heavy atom. The number of benzene rings is 2. The largest absolute Gasteiger partial charge is 0.454 e. The molecule has 0 aliphatic heterocycles. The third kappa shape index (κ3) is 6.24. The Morgan fingerprint density at radius 3 is 2.36 bits per heavy atom. The number of ether oxygens (including phenoxy) is 1. The van der Waals surface area contributed by atoms with E-state index >= 15 is 0 Å². The van der Waals surface area contributed by atoms with Crippen molar-refractivity contribution in [1.29, 1.82) is 0 Å². The molecule has 0 radical (unpaired) electrons. The molecule has 0 aliphatic rings. The minimum absolute atomic E-state index is 0.00918. The molecule has 0 saturated carbocycles. The topological polar surface area (TPSA) is 119 Å². The average molecular weight is 475 g/mol. The van der Waals surface area contributed by atoms with E-state index in [-0.39, 0.29) is 4.90 Å². The van der Waals surface area contributed by atoms with Crippen LogP contribution in [0.15, 0.2) is 59.5 Å². The van der Waals surface area contributed by atoms with Crippen LogP contribution in [-0.2, 0) is 24.3 Å². The number of aromatic nitrogens is 2. The van der Waals surface area contributed by atoms with E-state index in [0.29, 0.717) is 17.2 Å². The van der Waals surface area contributed by atoms with Gasteiger partial charge < -0.3 is 10.1 Å². The first-order chi connectivity index (χ1) is 15.5. The first-order valence-corrected chi connectivity index (χ1v) is 11.4. The van der Waals surface area contributed by atoms with Crippen molar-refractivity contribution in [3.05, 3.63) is 71.7 Å². The zero-order chi connectivity index (χ0) is 24.2. The van der Waals surface area contributed by atoms with Gasteiger partial charge in [0.15, 0.2) is 6.61 Å². The normalized spacial score (nSPS) is 12.2. The third-order valence-corrected chi connectivity index (χ3v) is 6.09. The first kappa shape index (κ1) is 24.1. The van der Waals surface area contributed by atoms with Crippen LogP contribution in [0, 0.1) is 19.7 Å². The fraction of sp³-hybridized carbons (Fsp3) is 0.227. The molecule has 3 rings (SSSR count). The molecular formula is C22H23FN4O5S. The Labute approximate surface area is 190 Å². The molecule has 0 saturated heterocycles. The molecule has 0 aliphatic carbocycles. The van der Waals surface area contributed by atoms with Gasteiger partial charge in [-0.2, -0.15) is 9.82 Å². The van der Waals surface area contributed by atoms with E-state index in [1.165, 1.54) is 48.0 Å². The molecule has 174 valence electrons. The summed E-state index contributed by atoms with van der Waals surface area (Å²) in [5, 5.41) is 6.83. The standard InChI is InChI=1S/C22H23FN4O5S/c1-14-4-10-19(11-5-14)33(30,31)26-16(3)22(29)32-13-21(28)24-20-12-15(2)25-27(20)18-8-6-17(23)7-9-18/h4-12,16,26H,13H2,1-3H3,(H,24,28)/t16-/m0/s1. The molecule has 33 heavy (non-hydrogen) atoms. The van der Waals surface area contributed by atoms with E-state index in [2.05, 4.69) is 15.1 Å². The summed E-state index contributed by atoms with van der Waals surface area (Å²) in [7, 11) is -3.93. The fourth-order valence-electron chi connectivity index (χ4n) is 2.87. The van der Waals surface area contributed by atoms with Gasteiger partial charge in [0.2, 0.25) is 10.0 Å². The highest BCUT2D eigenvalue weighted by Crippen LogP contribution is 2.17. The van der Waals surface area contributed by atoms with Gasteiger partial charge in [-0.3, -0.25) is 9.59 Å². The molecule has 0 bridgehead atoms. The maximum atomic E-state index is 13.2. The summed E-state index contributed by atoms with van der Waals surface area (Å²) in [6.45, 7) is 4.22. The molecule has 1 amide bonds. The number of halogens is 1. The number of nitrogens with zero attached hydrogens (tertiary/aromatic N) is 2. The predicted molar refractivity (Wildman–Crippen MR) is 119 cm³/mol. The monoisotopic (exact) mass is 474 g/mol. The summed E-state index contributed by atoms with van der Waals surface area (Å²) in [4.78, 5) is 24.5. The van der Waals surface area contributed by atoms with Crippen LogP contribution in [0.2, 0.25) is 0 Å². The van der Waals surface area contributed by atoms with Crippen LogP contribution >= 0.6 is 0 Å². The van der Waals surface area contributed by atoms with Crippen LogP contribution in [-0.4, -0.2) is 42.7 Å². The van der Waals surface area contributed by atoms with Crippen molar-refractivity contribution in [2.45, 2.75) is 31.7 Å². The molecule has 2 aromatic carbocycles. The number of carbonyl (C=O) groups is 2. The van der Waals surface area contributed by atoms with E-state index in [1.54, 1.807) is 25.1 Å². The molecule has 9 nitrogen and oxygen atoms in total. The SMILES string of the molecule is Cc1ccc(S(=O)(=O)N[C@@H](C)C(=O)OCC(=O)Nc2cc(C)nn2-c2ccc(F)cc2)cc1. The Morgan fingerprint density at radius 2 is 1.73 bits per heavy atom. The number of carbonyl (C=O) groups excluding carboxylic acids is 2. The van der Waals surface area contributed by atoms with Gasteiger partial charge >= 0.3 is 5.97 Å². The molecule has 0 fully saturated rings. The fourth-order valence-corrected chi connectivity index (χ4v) is 4.07. The summed E-state index contributed by atoms with van der Waals surface area (Å²) in [5.41, 5.74) is 2.02. The quantitative estimate of drug-likeness (QED) is 0.484. The van der Waals surface area contributed by atoms with Gasteiger partial charge in [-0.15, -0.1) is 0 Å². The van der Waals surface area contributed by atoms with Gasteiger partial charge in [0.1, 0.15) is 17.7 Å². The van der Waals surface area contributed by atoms with Gasteiger partial charge in [-0.05, 0) is 57.2 Å². The second-order valence-corrected chi connectivity index (χ2v) is 9.09. The number of esters is 1. The second kappa shape index (κ2) is 9.92. The van der Waals surface area contributed by atoms with Crippen molar-refractivity contribution in [2.75, 3.05) is 11.9 Å². The van der Waals surface area contributed by atoms with Crippen LogP contribution in [0.25, 0.3) is 5.69 Å². The highest BCUT2D eigenvalue weighted by atomic mass is 32.2. The van der Waals surface area contributed by atoms with Crippen LogP contribution < -0.4 is 10.0 Å². The van der Waals surface area contributed by atoms with Crippen molar-refractivity contribution in [2.24, 2.45) is 0 Å². The van der Waals surface area contributed by atoms with Gasteiger partial charge in [0, 0.05) is 6.07 Å². The summed E-state index contributed by atoms with van der Waals surface area (Å²) < 4.78 is 46.6. The summed E-state index contributed by atoms with van der Waals surface area (Å²) in [6, 6.07) is 12.0. The number of nitrogens with one attached hydrogen (secondary N) is 2. The lowest BCUT2D eigenvalue weighted by Gasteiger charge is -2.14. The number of amides is 1. The lowest BCUT2D eigenvalue weighted by atomic mass is 10.2. The molecule has 0 spiro atoms. The molecule has 1 heterocycles. The summed E-state index contributed by atoms with van der Waals surface area (Å²) in [6.07, 6.45) is 0. The number of hydrogen-bond donors (Lipinski definition) is 2. The van der Waals surface area contributed by atoms with Crippen LogP contribution in [0.4, 0.5) is 10.2 Å². The van der Waals surface area contributed by atoms with Crippen molar-refractivity contribution < 1.29 is 27.1 Å². The molecule has 11 heteroatoms. The minimum atomic E-state index is -3.93. The average Bonchev–Trinajstić information content (AvgIpc) is 3.12. The van der Waals surface area contributed by atoms with Crippen molar-refractivity contribution >= 4 is 27.7 Å². The van der Waals surface area contributed by atoms with E-state index < -0.39 is 40.4 Å². The maximum Gasteiger partial charge on any atom is 0.324 e. The highest BCUT2D eigenvalue weighted by Gasteiger charge is 2.24. The molecule has 3 aromatic rings. The van der Waals surface area contributed by atoms with E-state index in [4.69, 9.17) is 4.74 Å². The highest BCUT2D eigenvalue weighted by molar-refractivity contribution is 7.89. The van der Waals surface area contributed by atoms with Crippen LogP contribution in [0.3, 0.4) is 0 Å². The number of rotatable bonds is 8. The van der Waals surface area contributed by atoms with Crippen LogP contribution in [0.5, 0.6) is 0 Å². The molecule has 0 unspecified atom stereocenters. The maximum absolute atomic E-state index is 13.2. The van der Waals surface area contributed by atoms with Crippen molar-refractivity contribution in [1.82, 2.24) is 14.5 Å². The van der Waals surface area contributed by atoms with E-state index in [0.717, 1.165) is 5.56 Å². The lowest BCUT2D eigenvalue weighted by Crippen LogP contribution is -2.40. The Hall–Kier alpha value is -3.57. The van der Waals surface area contributed by atoms with E-state index in [9.17, 15) is 22.4 Å². The lowest BCUT2D eigenvalue weighted by molar-refractivity contribution is -0.148. The van der Waals surface area contributed by atoms with Crippen molar-refractivity contribution in [3.8, 4) is 5.69 Å². The minimum Gasteiger partial charge on any atom is -0.454 e. The Kier molecular flexibility index (Phi) is 7.24. The van der Waals surface area contributed by atoms with Gasteiger partial charge in [0.25, 0.3) is 5.91 Å². The molecule has 1 atom stereocenters. The smallest absolute Gasteiger partial charge is 0.324 e. The third-order valence-electron chi connectivity index (χ3n) is 4.53. The van der Waals surface area contributed by atoms with E-state index in [1.807, 2.05) is 6.92 Å². The second-order valence-electron chi connectivity index (χ2n) is 7.37. The van der Waals surface area contributed by atoms with Gasteiger partial charge in [0.05, 0.1) is 16.3 Å². The predicted octanol–water partition coefficient (Wildman–Crippen LogP) is 2.48. The number of hydrogen-bond acceptors (Lipinski definition) is 6. The summed E-state index contributed by atoms with van der Waals surface area (Å²) in [5.74, 6) is -1.68. The van der Waals surface area contributed by atoms with Crippen LogP contribution in [0.1, 0.15) is 18.2 Å². The summed E-state index contributed by atoms with van der Waals surface area (Å²) >= 11 is 0. The van der Waals surface area contributed by atoms with Gasteiger partial charge in [-0.1, -0.05) is 17.7 Å². The Balaban J connectivity index is 1.58. The first-order valence-electron chi connectivity index (χ1n) is 9.93. The van der Waals surface area contributed by atoms with Gasteiger partial charge in [-0.25, -0.2) is 17.5 Å². The number of sulfonamides is 1. The molecule has 1 aromatic heterocycles. The zero-order valence-corrected chi connectivity index (χ0v) is 19.0. The molecule has 2 N–H and O–H groups in total. The molecular weight excluding hydrogens is 451 g/mol. The number of aryl methyl sites for hydroxylation is 2. The Bertz CT molecular complexity index is 1250. The number of anilines is 1.